The molecule has 1 aromatic heterocycles. The fraction of sp³-hybridized carbons (Fsp3) is 0.389. The predicted octanol–water partition coefficient (Wildman–Crippen LogP) is 1.86. The van der Waals surface area contributed by atoms with Gasteiger partial charge in [-0.15, -0.1) is 0 Å². The van der Waals surface area contributed by atoms with Crippen LogP contribution < -0.4 is 4.90 Å². The van der Waals surface area contributed by atoms with Gasteiger partial charge in [0.25, 0.3) is 5.91 Å². The van der Waals surface area contributed by atoms with E-state index in [1.165, 1.54) is 23.2 Å². The number of carbonyl (C=O) groups excluding carboxylic acids is 2. The Morgan fingerprint density at radius 3 is 2.56 bits per heavy atom. The topological polar surface area (TPSA) is 58.4 Å². The molecule has 1 aliphatic carbocycles. The van der Waals surface area contributed by atoms with Gasteiger partial charge < -0.3 is 0 Å². The van der Waals surface area contributed by atoms with E-state index in [1.807, 2.05) is 0 Å². The molecule has 7 heteroatoms. The molecular formula is C18H19FN4O2. The Morgan fingerprint density at radius 2 is 1.96 bits per heavy atom. The molecule has 2 fully saturated rings. The van der Waals surface area contributed by atoms with E-state index in [9.17, 15) is 14.0 Å². The SMILES string of the molecule is Cn1cc(N2C(=O)C[C@@H](N(Cc3ccc(F)cc3)C3CC3)C2=O)cn1. The van der Waals surface area contributed by atoms with Crippen LogP contribution in [-0.2, 0) is 23.2 Å². The number of anilines is 1. The molecule has 130 valence electrons. The Labute approximate surface area is 144 Å². The number of rotatable bonds is 5. The summed E-state index contributed by atoms with van der Waals surface area (Å²) in [6, 6.07) is 6.13. The highest BCUT2D eigenvalue weighted by Gasteiger charge is 2.47. The van der Waals surface area contributed by atoms with Gasteiger partial charge in [0.1, 0.15) is 5.82 Å². The first-order chi connectivity index (χ1) is 12.0. The number of aryl methyl sites for hydroxylation is 1. The summed E-state index contributed by atoms with van der Waals surface area (Å²) in [6.07, 6.45) is 5.41. The van der Waals surface area contributed by atoms with Crippen molar-refractivity contribution >= 4 is 17.5 Å². The molecule has 0 radical (unpaired) electrons. The summed E-state index contributed by atoms with van der Waals surface area (Å²) in [6.45, 7) is 0.537. The second-order valence-electron chi connectivity index (χ2n) is 6.69. The predicted molar refractivity (Wildman–Crippen MR) is 89.1 cm³/mol. The molecular weight excluding hydrogens is 323 g/mol. The minimum absolute atomic E-state index is 0.172. The molecule has 2 aliphatic rings. The fourth-order valence-corrected chi connectivity index (χ4v) is 3.37. The van der Waals surface area contributed by atoms with Gasteiger partial charge in [0.05, 0.1) is 24.3 Å². The van der Waals surface area contributed by atoms with Crippen LogP contribution >= 0.6 is 0 Å². The highest BCUT2D eigenvalue weighted by atomic mass is 19.1. The first kappa shape index (κ1) is 16.0. The highest BCUT2D eigenvalue weighted by molar-refractivity contribution is 6.22. The van der Waals surface area contributed by atoms with Gasteiger partial charge in [-0.3, -0.25) is 19.2 Å². The number of benzene rings is 1. The zero-order valence-corrected chi connectivity index (χ0v) is 13.9. The summed E-state index contributed by atoms with van der Waals surface area (Å²) >= 11 is 0. The van der Waals surface area contributed by atoms with E-state index in [-0.39, 0.29) is 24.1 Å². The van der Waals surface area contributed by atoms with Crippen LogP contribution in [0, 0.1) is 5.82 Å². The molecule has 1 atom stereocenters. The summed E-state index contributed by atoms with van der Waals surface area (Å²) in [5, 5.41) is 4.04. The second-order valence-corrected chi connectivity index (χ2v) is 6.69. The maximum Gasteiger partial charge on any atom is 0.251 e. The monoisotopic (exact) mass is 342 g/mol. The third-order valence-corrected chi connectivity index (χ3v) is 4.77. The van der Waals surface area contributed by atoms with Crippen LogP contribution in [0.4, 0.5) is 10.1 Å². The lowest BCUT2D eigenvalue weighted by Gasteiger charge is -2.27. The van der Waals surface area contributed by atoms with Gasteiger partial charge in [-0.05, 0) is 30.5 Å². The maximum absolute atomic E-state index is 13.1. The van der Waals surface area contributed by atoms with Crippen molar-refractivity contribution in [2.45, 2.75) is 37.9 Å². The van der Waals surface area contributed by atoms with E-state index in [4.69, 9.17) is 0 Å². The van der Waals surface area contributed by atoms with Crippen molar-refractivity contribution in [3.05, 3.63) is 48.0 Å². The molecule has 0 unspecified atom stereocenters. The highest BCUT2D eigenvalue weighted by Crippen LogP contribution is 2.35. The molecule has 6 nitrogen and oxygen atoms in total. The number of aromatic nitrogens is 2. The molecule has 1 aliphatic heterocycles. The van der Waals surface area contributed by atoms with Gasteiger partial charge in [-0.25, -0.2) is 9.29 Å². The molecule has 1 saturated carbocycles. The lowest BCUT2D eigenvalue weighted by atomic mass is 10.1. The van der Waals surface area contributed by atoms with E-state index < -0.39 is 6.04 Å². The number of hydrogen-bond acceptors (Lipinski definition) is 4. The number of amides is 2. The molecule has 1 aromatic carbocycles. The molecule has 0 N–H and O–H groups in total. The van der Waals surface area contributed by atoms with Crippen molar-refractivity contribution in [3.63, 3.8) is 0 Å². The third-order valence-electron chi connectivity index (χ3n) is 4.77. The average Bonchev–Trinajstić information content (AvgIpc) is 3.27. The third kappa shape index (κ3) is 3.07. The Bertz CT molecular complexity index is 813. The van der Waals surface area contributed by atoms with Crippen LogP contribution in [0.2, 0.25) is 0 Å². The van der Waals surface area contributed by atoms with Crippen molar-refractivity contribution in [2.24, 2.45) is 7.05 Å². The van der Waals surface area contributed by atoms with Crippen molar-refractivity contribution < 1.29 is 14.0 Å². The number of imide groups is 1. The summed E-state index contributed by atoms with van der Waals surface area (Å²) < 4.78 is 14.7. The standard InChI is InChI=1S/C18H19FN4O2/c1-21-11-15(9-20-21)23-17(24)8-16(18(23)25)22(14-6-7-14)10-12-2-4-13(19)5-3-12/h2-5,9,11,14,16H,6-8,10H2,1H3/t16-/m1/s1. The molecule has 25 heavy (non-hydrogen) atoms. The summed E-state index contributed by atoms with van der Waals surface area (Å²) in [5.41, 5.74) is 1.45. The van der Waals surface area contributed by atoms with Gasteiger partial charge >= 0.3 is 0 Å². The van der Waals surface area contributed by atoms with Crippen LogP contribution in [0.5, 0.6) is 0 Å². The van der Waals surface area contributed by atoms with Crippen LogP contribution in [0.3, 0.4) is 0 Å². The van der Waals surface area contributed by atoms with E-state index in [0.29, 0.717) is 18.3 Å². The lowest BCUT2D eigenvalue weighted by molar-refractivity contribution is -0.123. The Hall–Kier alpha value is -2.54. The smallest absolute Gasteiger partial charge is 0.251 e. The zero-order chi connectivity index (χ0) is 17.6. The van der Waals surface area contributed by atoms with Gasteiger partial charge in [0.2, 0.25) is 5.91 Å². The maximum atomic E-state index is 13.1. The number of halogens is 1. The van der Waals surface area contributed by atoms with E-state index in [1.54, 1.807) is 30.1 Å². The molecule has 4 rings (SSSR count). The summed E-state index contributed by atoms with van der Waals surface area (Å²) in [5.74, 6) is -0.684. The van der Waals surface area contributed by atoms with Crippen LogP contribution in [-0.4, -0.2) is 38.6 Å². The summed E-state index contributed by atoms with van der Waals surface area (Å²) in [4.78, 5) is 28.7. The van der Waals surface area contributed by atoms with Crippen molar-refractivity contribution in [1.82, 2.24) is 14.7 Å². The molecule has 2 amide bonds. The molecule has 0 bridgehead atoms. The van der Waals surface area contributed by atoms with Crippen molar-refractivity contribution in [1.29, 1.82) is 0 Å². The average molecular weight is 342 g/mol. The zero-order valence-electron chi connectivity index (χ0n) is 13.9. The van der Waals surface area contributed by atoms with E-state index >= 15 is 0 Å². The van der Waals surface area contributed by atoms with Gasteiger partial charge in [-0.1, -0.05) is 12.1 Å². The fourth-order valence-electron chi connectivity index (χ4n) is 3.37. The van der Waals surface area contributed by atoms with Crippen molar-refractivity contribution in [3.8, 4) is 0 Å². The minimum Gasteiger partial charge on any atom is -0.284 e. The molecule has 2 aromatic rings. The molecule has 1 saturated heterocycles. The molecule has 0 spiro atoms. The minimum atomic E-state index is -0.467. The Kier molecular flexibility index (Phi) is 3.88. The van der Waals surface area contributed by atoms with E-state index in [0.717, 1.165) is 18.4 Å². The Morgan fingerprint density at radius 1 is 1.24 bits per heavy atom. The van der Waals surface area contributed by atoms with Gasteiger partial charge in [0.15, 0.2) is 0 Å². The first-order valence-electron chi connectivity index (χ1n) is 8.38. The van der Waals surface area contributed by atoms with Crippen LogP contribution in [0.15, 0.2) is 36.7 Å². The van der Waals surface area contributed by atoms with E-state index in [2.05, 4.69) is 10.00 Å². The molecule has 2 heterocycles. The number of nitrogens with zero attached hydrogens (tertiary/aromatic N) is 4. The largest absolute Gasteiger partial charge is 0.284 e. The van der Waals surface area contributed by atoms with Crippen LogP contribution in [0.1, 0.15) is 24.8 Å². The Balaban J connectivity index is 1.57. The normalized spacial score (nSPS) is 20.8. The summed E-state index contributed by atoms with van der Waals surface area (Å²) in [7, 11) is 1.75. The number of hydrogen-bond donors (Lipinski definition) is 0. The lowest BCUT2D eigenvalue weighted by Crippen LogP contribution is -2.43. The van der Waals surface area contributed by atoms with Crippen LogP contribution in [0.25, 0.3) is 0 Å². The van der Waals surface area contributed by atoms with Gasteiger partial charge in [0, 0.05) is 25.8 Å². The van der Waals surface area contributed by atoms with Crippen molar-refractivity contribution in [2.75, 3.05) is 4.90 Å². The quantitative estimate of drug-likeness (QED) is 0.778. The first-order valence-corrected chi connectivity index (χ1v) is 8.38. The second kappa shape index (κ2) is 6.07. The van der Waals surface area contributed by atoms with Gasteiger partial charge in [-0.2, -0.15) is 5.10 Å². The number of carbonyl (C=O) groups is 2.